The van der Waals surface area contributed by atoms with Crippen LogP contribution in [0.4, 0.5) is 10.1 Å². The van der Waals surface area contributed by atoms with Crippen LogP contribution in [-0.2, 0) is 0 Å². The third-order valence-corrected chi connectivity index (χ3v) is 5.01. The van der Waals surface area contributed by atoms with E-state index in [1.807, 2.05) is 0 Å². The third-order valence-electron chi connectivity index (χ3n) is 4.02. The van der Waals surface area contributed by atoms with Crippen molar-refractivity contribution >= 4 is 22.9 Å². The maximum Gasteiger partial charge on any atom is 0.267 e. The lowest BCUT2D eigenvalue weighted by Gasteiger charge is -2.26. The van der Waals surface area contributed by atoms with Crippen LogP contribution in [0.1, 0.15) is 28.9 Å². The van der Waals surface area contributed by atoms with E-state index in [1.54, 1.807) is 30.6 Å². The number of carbonyl (C=O) groups excluding carboxylic acids is 1. The van der Waals surface area contributed by atoms with Gasteiger partial charge in [0.1, 0.15) is 4.88 Å². The van der Waals surface area contributed by atoms with Crippen LogP contribution in [-0.4, -0.2) is 27.0 Å². The molecule has 1 N–H and O–H groups in total. The maximum absolute atomic E-state index is 14.1. The lowest BCUT2D eigenvalue weighted by molar-refractivity contribution is 0.103. The molecular formula is C18H15FN4O2S. The quantitative estimate of drug-likeness (QED) is 0.736. The monoisotopic (exact) mass is 370 g/mol. The normalized spacial score (nSPS) is 13.9. The van der Waals surface area contributed by atoms with E-state index in [-0.39, 0.29) is 17.8 Å². The van der Waals surface area contributed by atoms with Gasteiger partial charge in [0.15, 0.2) is 22.4 Å². The Balaban J connectivity index is 1.44. The largest absolute Gasteiger partial charge is 0.487 e. The average molecular weight is 370 g/mol. The predicted octanol–water partition coefficient (Wildman–Crippen LogP) is 3.92. The summed E-state index contributed by atoms with van der Waals surface area (Å²) in [7, 11) is 0. The molecule has 0 spiro atoms. The molecule has 0 atom stereocenters. The maximum atomic E-state index is 14.1. The van der Waals surface area contributed by atoms with Crippen molar-refractivity contribution in [3.8, 4) is 16.6 Å². The Bertz CT molecular complexity index is 928. The molecule has 4 rings (SSSR count). The van der Waals surface area contributed by atoms with E-state index in [0.29, 0.717) is 21.4 Å². The summed E-state index contributed by atoms with van der Waals surface area (Å²) in [5.41, 5.74) is 0.361. The van der Waals surface area contributed by atoms with Crippen LogP contribution in [0.2, 0.25) is 0 Å². The molecule has 1 aliphatic carbocycles. The highest BCUT2D eigenvalue weighted by Gasteiger charge is 2.21. The number of hydrogen-bond acceptors (Lipinski definition) is 6. The summed E-state index contributed by atoms with van der Waals surface area (Å²) in [6.45, 7) is 0. The Morgan fingerprint density at radius 1 is 1.23 bits per heavy atom. The summed E-state index contributed by atoms with van der Waals surface area (Å²) >= 11 is 1.17. The number of nitrogens with one attached hydrogen (secondary N) is 1. The fourth-order valence-corrected chi connectivity index (χ4v) is 3.19. The highest BCUT2D eigenvalue weighted by atomic mass is 32.1. The number of nitrogens with zero attached hydrogens (tertiary/aromatic N) is 3. The molecule has 132 valence electrons. The lowest BCUT2D eigenvalue weighted by Crippen LogP contribution is -2.25. The van der Waals surface area contributed by atoms with E-state index in [4.69, 9.17) is 4.74 Å². The van der Waals surface area contributed by atoms with E-state index in [1.165, 1.54) is 23.6 Å². The minimum absolute atomic E-state index is 0.0979. The van der Waals surface area contributed by atoms with Crippen LogP contribution in [0.3, 0.4) is 0 Å². The first-order chi connectivity index (χ1) is 12.7. The minimum Gasteiger partial charge on any atom is -0.487 e. The van der Waals surface area contributed by atoms with Gasteiger partial charge in [0.25, 0.3) is 5.91 Å². The van der Waals surface area contributed by atoms with Gasteiger partial charge in [-0.2, -0.15) is 0 Å². The Morgan fingerprint density at radius 3 is 2.73 bits per heavy atom. The molecule has 2 heterocycles. The molecule has 0 unspecified atom stereocenters. The number of ether oxygens (including phenoxy) is 1. The smallest absolute Gasteiger partial charge is 0.267 e. The number of amides is 1. The molecule has 26 heavy (non-hydrogen) atoms. The van der Waals surface area contributed by atoms with Crippen molar-refractivity contribution in [2.24, 2.45) is 0 Å². The number of aromatic nitrogens is 3. The van der Waals surface area contributed by atoms with Crippen molar-refractivity contribution < 1.29 is 13.9 Å². The van der Waals surface area contributed by atoms with Crippen LogP contribution < -0.4 is 10.1 Å². The first kappa shape index (κ1) is 16.6. The Hall–Kier alpha value is -2.87. The van der Waals surface area contributed by atoms with E-state index < -0.39 is 5.82 Å². The van der Waals surface area contributed by atoms with Gasteiger partial charge in [-0.1, -0.05) is 0 Å². The first-order valence-electron chi connectivity index (χ1n) is 8.20. The van der Waals surface area contributed by atoms with Crippen molar-refractivity contribution in [3.05, 3.63) is 53.6 Å². The Labute approximate surface area is 153 Å². The number of anilines is 1. The average Bonchev–Trinajstić information content (AvgIpc) is 3.10. The molecule has 0 aliphatic heterocycles. The summed E-state index contributed by atoms with van der Waals surface area (Å²) < 4.78 is 19.7. The summed E-state index contributed by atoms with van der Waals surface area (Å²) in [5.74, 6) is -0.178. The van der Waals surface area contributed by atoms with E-state index in [9.17, 15) is 9.18 Å². The Morgan fingerprint density at radius 2 is 2.04 bits per heavy atom. The molecule has 1 aromatic carbocycles. The fourth-order valence-electron chi connectivity index (χ4n) is 2.43. The van der Waals surface area contributed by atoms with Gasteiger partial charge in [0.2, 0.25) is 0 Å². The van der Waals surface area contributed by atoms with Crippen LogP contribution in [0.15, 0.2) is 42.9 Å². The zero-order chi connectivity index (χ0) is 17.9. The number of benzene rings is 1. The van der Waals surface area contributed by atoms with Crippen molar-refractivity contribution in [1.29, 1.82) is 0 Å². The lowest BCUT2D eigenvalue weighted by atomic mass is 9.96. The molecular weight excluding hydrogens is 355 g/mol. The number of hydrogen-bond donors (Lipinski definition) is 1. The number of carbonyl (C=O) groups is 1. The molecule has 1 amide bonds. The topological polar surface area (TPSA) is 77.0 Å². The second kappa shape index (κ2) is 7.17. The zero-order valence-electron chi connectivity index (χ0n) is 13.7. The molecule has 1 aliphatic rings. The summed E-state index contributed by atoms with van der Waals surface area (Å²) in [6, 6.07) is 6.13. The van der Waals surface area contributed by atoms with Gasteiger partial charge < -0.3 is 10.1 Å². The first-order valence-corrected chi connectivity index (χ1v) is 9.01. The van der Waals surface area contributed by atoms with Crippen LogP contribution >= 0.6 is 11.3 Å². The van der Waals surface area contributed by atoms with Crippen LogP contribution in [0.5, 0.6) is 5.75 Å². The molecule has 0 radical (unpaired) electrons. The fraction of sp³-hybridized carbons (Fsp3) is 0.222. The highest BCUT2D eigenvalue weighted by molar-refractivity contribution is 7.16. The van der Waals surface area contributed by atoms with E-state index in [0.717, 1.165) is 19.3 Å². The number of halogens is 1. The second-order valence-corrected chi connectivity index (χ2v) is 6.90. The van der Waals surface area contributed by atoms with Crippen molar-refractivity contribution in [1.82, 2.24) is 15.0 Å². The molecule has 8 heteroatoms. The van der Waals surface area contributed by atoms with Gasteiger partial charge in [-0.3, -0.25) is 4.79 Å². The van der Waals surface area contributed by atoms with E-state index in [2.05, 4.69) is 20.3 Å². The Kier molecular flexibility index (Phi) is 4.57. The van der Waals surface area contributed by atoms with Gasteiger partial charge in [-0.05, 0) is 37.5 Å². The highest BCUT2D eigenvalue weighted by Crippen LogP contribution is 2.29. The summed E-state index contributed by atoms with van der Waals surface area (Å²) in [5, 5.41) is 3.21. The molecule has 0 bridgehead atoms. The van der Waals surface area contributed by atoms with Gasteiger partial charge in [0.05, 0.1) is 12.3 Å². The standard InChI is InChI=1S/C18H15FN4O2S/c19-13-9-11(5-6-14(13)25-12-3-1-4-12)23-17(24)15-10-22-18(26-15)16-20-7-2-8-21-16/h2,5-10,12H,1,3-4H2,(H,23,24). The molecule has 2 aromatic heterocycles. The minimum atomic E-state index is -0.489. The van der Waals surface area contributed by atoms with Gasteiger partial charge >= 0.3 is 0 Å². The van der Waals surface area contributed by atoms with Crippen molar-refractivity contribution in [3.63, 3.8) is 0 Å². The predicted molar refractivity (Wildman–Crippen MR) is 95.8 cm³/mol. The molecule has 1 saturated carbocycles. The zero-order valence-corrected chi connectivity index (χ0v) is 14.5. The molecule has 0 saturated heterocycles. The SMILES string of the molecule is O=C(Nc1ccc(OC2CCC2)c(F)c1)c1cnc(-c2ncccn2)s1. The number of rotatable bonds is 5. The van der Waals surface area contributed by atoms with Crippen LogP contribution in [0, 0.1) is 5.82 Å². The summed E-state index contributed by atoms with van der Waals surface area (Å²) in [6.07, 6.45) is 7.80. The van der Waals surface area contributed by atoms with Crippen molar-refractivity contribution in [2.75, 3.05) is 5.32 Å². The van der Waals surface area contributed by atoms with Gasteiger partial charge in [-0.25, -0.2) is 19.3 Å². The molecule has 6 nitrogen and oxygen atoms in total. The van der Waals surface area contributed by atoms with Gasteiger partial charge in [0, 0.05) is 24.1 Å². The van der Waals surface area contributed by atoms with Crippen LogP contribution in [0.25, 0.3) is 10.8 Å². The molecule has 1 fully saturated rings. The third kappa shape index (κ3) is 3.55. The summed E-state index contributed by atoms with van der Waals surface area (Å²) in [4.78, 5) is 25.1. The van der Waals surface area contributed by atoms with E-state index >= 15 is 0 Å². The van der Waals surface area contributed by atoms with Crippen molar-refractivity contribution in [2.45, 2.75) is 25.4 Å². The number of thiazole rings is 1. The molecule has 3 aromatic rings. The second-order valence-electron chi connectivity index (χ2n) is 5.87. The van der Waals surface area contributed by atoms with Gasteiger partial charge in [-0.15, -0.1) is 11.3 Å².